The van der Waals surface area contributed by atoms with E-state index in [2.05, 4.69) is 0 Å². The number of hydrogen-bond donors (Lipinski definition) is 1. The van der Waals surface area contributed by atoms with Crippen molar-refractivity contribution in [2.45, 2.75) is 13.0 Å². The fourth-order valence-corrected chi connectivity index (χ4v) is 1.55. The quantitative estimate of drug-likeness (QED) is 0.772. The Morgan fingerprint density at radius 3 is 2.71 bits per heavy atom. The molecule has 0 radical (unpaired) electrons. The summed E-state index contributed by atoms with van der Waals surface area (Å²) in [6.07, 6.45) is -0.360. The molecule has 0 unspecified atom stereocenters. The van der Waals surface area contributed by atoms with E-state index in [1.165, 1.54) is 18.2 Å². The largest absolute Gasteiger partial charge is 0.331 e. The zero-order valence-corrected chi connectivity index (χ0v) is 8.77. The molecule has 0 aliphatic carbocycles. The van der Waals surface area contributed by atoms with Gasteiger partial charge in [0.25, 0.3) is 0 Å². The monoisotopic (exact) mass is 236 g/mol. The smallest absolute Gasteiger partial charge is 0.277 e. The first-order valence-electron chi connectivity index (χ1n) is 4.95. The lowest BCUT2D eigenvalue weighted by atomic mass is 10.2. The van der Waals surface area contributed by atoms with E-state index in [1.54, 1.807) is 6.07 Å². The second-order valence-electron chi connectivity index (χ2n) is 3.64. The fourth-order valence-electron chi connectivity index (χ4n) is 1.55. The van der Waals surface area contributed by atoms with Crippen molar-refractivity contribution in [3.05, 3.63) is 35.6 Å². The molecule has 1 aliphatic heterocycles. The van der Waals surface area contributed by atoms with Gasteiger partial charge >= 0.3 is 6.03 Å². The van der Waals surface area contributed by atoms with Crippen molar-refractivity contribution in [3.8, 4) is 0 Å². The molecule has 1 fully saturated rings. The number of halogens is 1. The normalized spacial score (nSPS) is 16.1. The van der Waals surface area contributed by atoms with E-state index in [4.69, 9.17) is 0 Å². The third-order valence-electron chi connectivity index (χ3n) is 2.33. The maximum Gasteiger partial charge on any atom is 0.331 e. The Hall–Kier alpha value is -2.24. The van der Waals surface area contributed by atoms with Crippen LogP contribution in [0.2, 0.25) is 0 Å². The maximum atomic E-state index is 12.9. The van der Waals surface area contributed by atoms with Crippen molar-refractivity contribution >= 4 is 17.8 Å². The third kappa shape index (κ3) is 2.47. The summed E-state index contributed by atoms with van der Waals surface area (Å²) in [6, 6.07) is 4.82. The Bertz CT molecular complexity index is 481. The molecule has 5 nitrogen and oxygen atoms in total. The van der Waals surface area contributed by atoms with Gasteiger partial charge in [0.05, 0.1) is 6.54 Å². The van der Waals surface area contributed by atoms with Crippen LogP contribution in [0.4, 0.5) is 9.18 Å². The molecule has 1 aliphatic rings. The molecule has 0 saturated carbocycles. The van der Waals surface area contributed by atoms with Gasteiger partial charge in [-0.1, -0.05) is 12.1 Å². The van der Waals surface area contributed by atoms with Gasteiger partial charge in [-0.2, -0.15) is 0 Å². The zero-order chi connectivity index (χ0) is 12.4. The molecule has 1 N–H and O–H groups in total. The van der Waals surface area contributed by atoms with Gasteiger partial charge in [0.1, 0.15) is 12.2 Å². The Morgan fingerprint density at radius 2 is 2.06 bits per heavy atom. The molecule has 4 amide bonds. The number of carbonyl (C=O) groups is 3. The van der Waals surface area contributed by atoms with Crippen LogP contribution in [0.25, 0.3) is 0 Å². The standard InChI is InChI=1S/C11H9FN2O3/c12-8-3-1-2-7(4-8)6-14-10(16)5-9(15)13-11(14)17/h1-4H,5-6H2,(H,13,15,17). The average molecular weight is 236 g/mol. The molecule has 6 heteroatoms. The van der Waals surface area contributed by atoms with Crippen molar-refractivity contribution in [3.63, 3.8) is 0 Å². The van der Waals surface area contributed by atoms with Crippen LogP contribution in [0.5, 0.6) is 0 Å². The van der Waals surface area contributed by atoms with Crippen LogP contribution in [0.15, 0.2) is 24.3 Å². The summed E-state index contributed by atoms with van der Waals surface area (Å²) in [5.41, 5.74) is 0.489. The molecule has 0 bridgehead atoms. The SMILES string of the molecule is O=C1CC(=O)N(Cc2cccc(F)c2)C(=O)N1. The van der Waals surface area contributed by atoms with Gasteiger partial charge in [-0.05, 0) is 17.7 Å². The molecule has 1 saturated heterocycles. The Morgan fingerprint density at radius 1 is 1.29 bits per heavy atom. The van der Waals surface area contributed by atoms with E-state index in [0.29, 0.717) is 5.56 Å². The van der Waals surface area contributed by atoms with Gasteiger partial charge in [-0.15, -0.1) is 0 Å². The van der Waals surface area contributed by atoms with Gasteiger partial charge in [-0.3, -0.25) is 19.8 Å². The highest BCUT2D eigenvalue weighted by atomic mass is 19.1. The van der Waals surface area contributed by atoms with Crippen LogP contribution >= 0.6 is 0 Å². The molecule has 1 aromatic rings. The van der Waals surface area contributed by atoms with Crippen LogP contribution in [0.1, 0.15) is 12.0 Å². The summed E-state index contributed by atoms with van der Waals surface area (Å²) in [4.78, 5) is 34.6. The molecule has 2 rings (SSSR count). The number of nitrogens with zero attached hydrogens (tertiary/aromatic N) is 1. The lowest BCUT2D eigenvalue weighted by molar-refractivity contribution is -0.136. The van der Waals surface area contributed by atoms with Crippen LogP contribution in [0, 0.1) is 5.82 Å². The number of urea groups is 1. The summed E-state index contributed by atoms with van der Waals surface area (Å²) in [5, 5.41) is 2.03. The van der Waals surface area contributed by atoms with Crippen molar-refractivity contribution in [2.24, 2.45) is 0 Å². The van der Waals surface area contributed by atoms with Crippen molar-refractivity contribution < 1.29 is 18.8 Å². The van der Waals surface area contributed by atoms with E-state index in [9.17, 15) is 18.8 Å². The third-order valence-corrected chi connectivity index (χ3v) is 2.33. The topological polar surface area (TPSA) is 66.5 Å². The van der Waals surface area contributed by atoms with Crippen LogP contribution < -0.4 is 5.32 Å². The summed E-state index contributed by atoms with van der Waals surface area (Å²) >= 11 is 0. The van der Waals surface area contributed by atoms with Crippen LogP contribution in [-0.4, -0.2) is 22.7 Å². The zero-order valence-electron chi connectivity index (χ0n) is 8.77. The van der Waals surface area contributed by atoms with Gasteiger partial charge in [-0.25, -0.2) is 9.18 Å². The molecule has 1 aromatic carbocycles. The number of imide groups is 2. The van der Waals surface area contributed by atoms with Gasteiger partial charge in [0, 0.05) is 0 Å². The lowest BCUT2D eigenvalue weighted by Crippen LogP contribution is -2.52. The summed E-state index contributed by atoms with van der Waals surface area (Å²) in [5.74, 6) is -1.64. The number of hydrogen-bond acceptors (Lipinski definition) is 3. The van der Waals surface area contributed by atoms with E-state index in [0.717, 1.165) is 4.90 Å². The summed E-state index contributed by atoms with van der Waals surface area (Å²) in [6.45, 7) is -0.0459. The molecular formula is C11H9FN2O3. The maximum absolute atomic E-state index is 12.9. The van der Waals surface area contributed by atoms with Crippen molar-refractivity contribution in [2.75, 3.05) is 0 Å². The second-order valence-corrected chi connectivity index (χ2v) is 3.64. The minimum absolute atomic E-state index is 0.0459. The van der Waals surface area contributed by atoms with Crippen molar-refractivity contribution in [1.82, 2.24) is 10.2 Å². The Labute approximate surface area is 96.2 Å². The number of benzene rings is 1. The first-order chi connectivity index (χ1) is 8.06. The molecule has 1 heterocycles. The number of rotatable bonds is 2. The first kappa shape index (κ1) is 11.3. The average Bonchev–Trinajstić information content (AvgIpc) is 2.23. The highest BCUT2D eigenvalue weighted by molar-refractivity contribution is 6.13. The number of amides is 4. The van der Waals surface area contributed by atoms with E-state index in [1.807, 2.05) is 5.32 Å². The molecule has 0 atom stereocenters. The number of barbiturate groups is 1. The molecular weight excluding hydrogens is 227 g/mol. The predicted octanol–water partition coefficient (Wildman–Crippen LogP) is 0.794. The molecule has 0 spiro atoms. The van der Waals surface area contributed by atoms with Gasteiger partial charge < -0.3 is 0 Å². The minimum Gasteiger partial charge on any atom is -0.277 e. The Kier molecular flexibility index (Phi) is 2.86. The molecule has 88 valence electrons. The van der Waals surface area contributed by atoms with Gasteiger partial charge in [0.2, 0.25) is 11.8 Å². The van der Waals surface area contributed by atoms with Crippen LogP contribution in [0.3, 0.4) is 0 Å². The highest BCUT2D eigenvalue weighted by Gasteiger charge is 2.30. The molecule has 0 aromatic heterocycles. The number of nitrogens with one attached hydrogen (secondary N) is 1. The van der Waals surface area contributed by atoms with E-state index >= 15 is 0 Å². The van der Waals surface area contributed by atoms with E-state index < -0.39 is 23.7 Å². The predicted molar refractivity (Wildman–Crippen MR) is 55.1 cm³/mol. The Balaban J connectivity index is 2.15. The minimum atomic E-state index is -0.768. The van der Waals surface area contributed by atoms with Crippen LogP contribution in [-0.2, 0) is 16.1 Å². The molecule has 17 heavy (non-hydrogen) atoms. The first-order valence-corrected chi connectivity index (χ1v) is 4.95. The highest BCUT2D eigenvalue weighted by Crippen LogP contribution is 2.11. The van der Waals surface area contributed by atoms with Gasteiger partial charge in [0.15, 0.2) is 0 Å². The van der Waals surface area contributed by atoms with E-state index in [-0.39, 0.29) is 13.0 Å². The fraction of sp³-hybridized carbons (Fsp3) is 0.182. The summed E-state index contributed by atoms with van der Waals surface area (Å²) in [7, 11) is 0. The summed E-state index contributed by atoms with van der Waals surface area (Å²) < 4.78 is 12.9. The van der Waals surface area contributed by atoms with Crippen molar-refractivity contribution in [1.29, 1.82) is 0 Å². The number of carbonyl (C=O) groups excluding carboxylic acids is 3. The lowest BCUT2D eigenvalue weighted by Gasteiger charge is -2.24. The second kappa shape index (κ2) is 4.32.